The number of imide groups is 1. The molecule has 0 spiro atoms. The van der Waals surface area contributed by atoms with Crippen LogP contribution in [0.15, 0.2) is 54.2 Å². The Kier molecular flexibility index (Phi) is 5.46. The van der Waals surface area contributed by atoms with Gasteiger partial charge in [0.25, 0.3) is 11.8 Å². The summed E-state index contributed by atoms with van der Waals surface area (Å²) >= 11 is 0. The van der Waals surface area contributed by atoms with E-state index in [0.29, 0.717) is 47.1 Å². The van der Waals surface area contributed by atoms with Crippen LogP contribution in [0.3, 0.4) is 0 Å². The Morgan fingerprint density at radius 1 is 0.800 bits per heavy atom. The molecule has 7 nitrogen and oxygen atoms in total. The molecular weight excluding hydrogens is 382 g/mol. The number of hydrogen-bond acceptors (Lipinski definition) is 6. The Hall–Kier alpha value is -3.32. The average molecular weight is 407 g/mol. The number of rotatable bonds is 5. The maximum atomic E-state index is 13.5. The highest BCUT2D eigenvalue weighted by Crippen LogP contribution is 2.38. The largest absolute Gasteiger partial charge is 0.493 e. The van der Waals surface area contributed by atoms with Crippen molar-refractivity contribution in [1.29, 1.82) is 0 Å². The van der Waals surface area contributed by atoms with Crippen LogP contribution < -0.4 is 14.4 Å². The van der Waals surface area contributed by atoms with Crippen LogP contribution in [0.25, 0.3) is 5.57 Å². The Balaban J connectivity index is 1.83. The van der Waals surface area contributed by atoms with Crippen LogP contribution in [-0.2, 0) is 9.59 Å². The number of hydrogen-bond donors (Lipinski definition) is 0. The number of methoxy groups -OCH3 is 2. The van der Waals surface area contributed by atoms with Gasteiger partial charge in [0.2, 0.25) is 0 Å². The van der Waals surface area contributed by atoms with Crippen molar-refractivity contribution in [2.45, 2.75) is 0 Å². The first-order valence-electron chi connectivity index (χ1n) is 9.89. The Bertz CT molecular complexity index is 995. The van der Waals surface area contributed by atoms with Gasteiger partial charge in [-0.05, 0) is 36.9 Å². The van der Waals surface area contributed by atoms with Crippen LogP contribution in [0.1, 0.15) is 5.56 Å². The predicted octanol–water partition coefficient (Wildman–Crippen LogP) is 2.24. The number of nitrogens with zero attached hydrogens (tertiary/aromatic N) is 3. The van der Waals surface area contributed by atoms with E-state index in [1.54, 1.807) is 44.6 Å². The van der Waals surface area contributed by atoms with E-state index in [-0.39, 0.29) is 11.8 Å². The lowest BCUT2D eigenvalue weighted by Gasteiger charge is -2.34. The topological polar surface area (TPSA) is 62.3 Å². The van der Waals surface area contributed by atoms with E-state index in [4.69, 9.17) is 9.47 Å². The van der Waals surface area contributed by atoms with Gasteiger partial charge in [0.15, 0.2) is 11.5 Å². The van der Waals surface area contributed by atoms with E-state index in [2.05, 4.69) is 11.9 Å². The Labute approximate surface area is 176 Å². The summed E-state index contributed by atoms with van der Waals surface area (Å²) in [5.41, 5.74) is 2.05. The monoisotopic (exact) mass is 407 g/mol. The number of carbonyl (C=O) groups excluding carboxylic acids is 2. The van der Waals surface area contributed by atoms with Crippen molar-refractivity contribution < 1.29 is 19.1 Å². The van der Waals surface area contributed by atoms with E-state index in [0.717, 1.165) is 13.1 Å². The van der Waals surface area contributed by atoms with Gasteiger partial charge in [-0.25, -0.2) is 4.90 Å². The lowest BCUT2D eigenvalue weighted by Crippen LogP contribution is -2.46. The third-order valence-electron chi connectivity index (χ3n) is 5.57. The van der Waals surface area contributed by atoms with Crippen molar-refractivity contribution in [3.8, 4) is 11.5 Å². The molecule has 4 rings (SSSR count). The Morgan fingerprint density at radius 2 is 1.47 bits per heavy atom. The molecule has 0 saturated carbocycles. The molecule has 2 aliphatic heterocycles. The second-order valence-corrected chi connectivity index (χ2v) is 7.36. The van der Waals surface area contributed by atoms with Gasteiger partial charge in [0, 0.05) is 26.2 Å². The van der Waals surface area contributed by atoms with Crippen molar-refractivity contribution in [2.24, 2.45) is 0 Å². The number of anilines is 1. The summed E-state index contributed by atoms with van der Waals surface area (Å²) in [6.07, 6.45) is 0. The fraction of sp³-hybridized carbons (Fsp3) is 0.304. The molecular formula is C23H25N3O4. The molecule has 0 aromatic heterocycles. The summed E-state index contributed by atoms with van der Waals surface area (Å²) in [7, 11) is 5.17. The van der Waals surface area contributed by atoms with Gasteiger partial charge in [-0.2, -0.15) is 0 Å². The molecule has 0 unspecified atom stereocenters. The summed E-state index contributed by atoms with van der Waals surface area (Å²) in [6, 6.07) is 14.4. The first-order chi connectivity index (χ1) is 14.5. The number of carbonyl (C=O) groups is 2. The van der Waals surface area contributed by atoms with Crippen molar-refractivity contribution in [3.05, 3.63) is 59.8 Å². The molecule has 0 bridgehead atoms. The lowest BCUT2D eigenvalue weighted by atomic mass is 10.0. The van der Waals surface area contributed by atoms with E-state index >= 15 is 0 Å². The number of para-hydroxylation sites is 1. The zero-order chi connectivity index (χ0) is 21.3. The molecule has 2 aliphatic rings. The third kappa shape index (κ3) is 3.41. The van der Waals surface area contributed by atoms with Crippen LogP contribution in [0.4, 0.5) is 5.69 Å². The molecule has 1 saturated heterocycles. The zero-order valence-electron chi connectivity index (χ0n) is 17.4. The highest BCUT2D eigenvalue weighted by atomic mass is 16.5. The minimum atomic E-state index is -0.327. The number of amides is 2. The van der Waals surface area contributed by atoms with Gasteiger partial charge in [0.1, 0.15) is 5.70 Å². The molecule has 0 N–H and O–H groups in total. The first-order valence-corrected chi connectivity index (χ1v) is 9.89. The van der Waals surface area contributed by atoms with E-state index in [9.17, 15) is 9.59 Å². The van der Waals surface area contributed by atoms with Crippen molar-refractivity contribution in [1.82, 2.24) is 9.80 Å². The summed E-state index contributed by atoms with van der Waals surface area (Å²) in [4.78, 5) is 32.5. The van der Waals surface area contributed by atoms with Crippen molar-refractivity contribution >= 4 is 23.1 Å². The highest BCUT2D eigenvalue weighted by Gasteiger charge is 2.43. The molecule has 156 valence electrons. The smallest absolute Gasteiger partial charge is 0.282 e. The molecule has 0 atom stereocenters. The fourth-order valence-corrected chi connectivity index (χ4v) is 3.91. The van der Waals surface area contributed by atoms with Gasteiger partial charge in [-0.3, -0.25) is 9.59 Å². The minimum absolute atomic E-state index is 0.291. The van der Waals surface area contributed by atoms with E-state index < -0.39 is 0 Å². The molecule has 30 heavy (non-hydrogen) atoms. The molecule has 2 aromatic carbocycles. The summed E-state index contributed by atoms with van der Waals surface area (Å²) in [5, 5.41) is 0. The molecule has 2 amide bonds. The molecule has 0 aliphatic carbocycles. The fourth-order valence-electron chi connectivity index (χ4n) is 3.91. The molecule has 2 aromatic rings. The summed E-state index contributed by atoms with van der Waals surface area (Å²) in [5.74, 6) is 0.464. The van der Waals surface area contributed by atoms with Gasteiger partial charge < -0.3 is 19.3 Å². The van der Waals surface area contributed by atoms with Crippen LogP contribution in [0.2, 0.25) is 0 Å². The number of likely N-dealkylation sites (N-methyl/N-ethyl adjacent to an activating group) is 1. The van der Waals surface area contributed by atoms with Crippen LogP contribution in [-0.4, -0.2) is 69.1 Å². The third-order valence-corrected chi connectivity index (χ3v) is 5.57. The normalized spacial score (nSPS) is 17.7. The molecule has 1 fully saturated rings. The zero-order valence-corrected chi connectivity index (χ0v) is 17.4. The van der Waals surface area contributed by atoms with E-state index in [1.807, 2.05) is 23.1 Å². The van der Waals surface area contributed by atoms with Gasteiger partial charge in [-0.1, -0.05) is 24.3 Å². The molecule has 0 radical (unpaired) electrons. The second-order valence-electron chi connectivity index (χ2n) is 7.36. The maximum absolute atomic E-state index is 13.5. The lowest BCUT2D eigenvalue weighted by molar-refractivity contribution is -0.120. The highest BCUT2D eigenvalue weighted by molar-refractivity contribution is 6.45. The minimum Gasteiger partial charge on any atom is -0.493 e. The van der Waals surface area contributed by atoms with Gasteiger partial charge >= 0.3 is 0 Å². The molecule has 2 heterocycles. The predicted molar refractivity (Wildman–Crippen MR) is 114 cm³/mol. The summed E-state index contributed by atoms with van der Waals surface area (Å²) < 4.78 is 10.8. The number of benzene rings is 2. The van der Waals surface area contributed by atoms with E-state index in [1.165, 1.54) is 4.90 Å². The summed E-state index contributed by atoms with van der Waals surface area (Å²) in [6.45, 7) is 3.03. The number of ether oxygens (including phenoxy) is 2. The van der Waals surface area contributed by atoms with Crippen LogP contribution >= 0.6 is 0 Å². The van der Waals surface area contributed by atoms with Crippen molar-refractivity contribution in [2.75, 3.05) is 52.3 Å². The van der Waals surface area contributed by atoms with Crippen LogP contribution in [0.5, 0.6) is 11.5 Å². The first kappa shape index (κ1) is 20.0. The SMILES string of the molecule is COc1ccc(C2=C(N3CCN(C)CC3)C(=O)N(c3ccccc3)C2=O)cc1OC. The second kappa shape index (κ2) is 8.20. The van der Waals surface area contributed by atoms with Crippen LogP contribution in [0, 0.1) is 0 Å². The number of piperazine rings is 1. The quantitative estimate of drug-likeness (QED) is 0.709. The van der Waals surface area contributed by atoms with Gasteiger partial charge in [-0.15, -0.1) is 0 Å². The Morgan fingerprint density at radius 3 is 2.10 bits per heavy atom. The van der Waals surface area contributed by atoms with Gasteiger partial charge in [0.05, 0.1) is 25.5 Å². The average Bonchev–Trinajstić information content (AvgIpc) is 3.04. The standard InChI is InChI=1S/C23H25N3O4/c1-24-11-13-25(14-12-24)21-20(16-9-10-18(29-2)19(15-16)30-3)22(27)26(23(21)28)17-7-5-4-6-8-17/h4-10,15H,11-14H2,1-3H3. The van der Waals surface area contributed by atoms with Crippen molar-refractivity contribution in [3.63, 3.8) is 0 Å². The molecule has 7 heteroatoms. The maximum Gasteiger partial charge on any atom is 0.282 e.